The number of carboxylic acid groups (broad SMARTS) is 1. The van der Waals surface area contributed by atoms with Crippen LogP contribution in [0.2, 0.25) is 0 Å². The average molecular weight is 221 g/mol. The van der Waals surface area contributed by atoms with E-state index in [2.05, 4.69) is 14.9 Å². The molecule has 9 nitrogen and oxygen atoms in total. The summed E-state index contributed by atoms with van der Waals surface area (Å²) in [4.78, 5) is 24.6. The Morgan fingerprint density at radius 1 is 1.60 bits per heavy atom. The Morgan fingerprint density at radius 3 is 2.67 bits per heavy atom. The summed E-state index contributed by atoms with van der Waals surface area (Å²) in [6.45, 7) is 0.133. The predicted octanol–water partition coefficient (Wildman–Crippen LogP) is -0.667. The monoisotopic (exact) mass is 221 g/mol. The van der Waals surface area contributed by atoms with Crippen LogP contribution in [-0.2, 0) is 19.2 Å². The number of ether oxygens (including phenoxy) is 1. The molecular formula is C6H11N3O6. The molecule has 9 heteroatoms. The molecule has 0 radical (unpaired) electrons. The lowest BCUT2D eigenvalue weighted by atomic mass is 10.7. The fourth-order valence-electron chi connectivity index (χ4n) is 0.501. The third-order valence-electron chi connectivity index (χ3n) is 1.10. The molecule has 0 amide bonds. The Hall–Kier alpha value is -2.06. The lowest BCUT2D eigenvalue weighted by molar-refractivity contribution is -0.704. The van der Waals surface area contributed by atoms with Gasteiger partial charge in [-0.15, -0.1) is 5.01 Å². The van der Waals surface area contributed by atoms with Crippen molar-refractivity contribution in [1.82, 2.24) is 5.01 Å². The second-order valence-electron chi connectivity index (χ2n) is 2.43. The average Bonchev–Trinajstić information content (AvgIpc) is 2.10. The Morgan fingerprint density at radius 2 is 2.20 bits per heavy atom. The van der Waals surface area contributed by atoms with E-state index in [1.807, 2.05) is 0 Å². The zero-order valence-electron chi connectivity index (χ0n) is 8.24. The van der Waals surface area contributed by atoms with Gasteiger partial charge in [0.05, 0.1) is 12.0 Å². The zero-order valence-corrected chi connectivity index (χ0v) is 8.24. The highest BCUT2D eigenvalue weighted by molar-refractivity contribution is 5.68. The lowest BCUT2D eigenvalue weighted by Gasteiger charge is -2.09. The first-order valence-corrected chi connectivity index (χ1v) is 3.80. The van der Waals surface area contributed by atoms with Gasteiger partial charge in [0.15, 0.2) is 6.54 Å². The number of hydrazine groups is 1. The van der Waals surface area contributed by atoms with E-state index in [0.29, 0.717) is 0 Å². The van der Waals surface area contributed by atoms with E-state index in [1.165, 1.54) is 7.05 Å². The van der Waals surface area contributed by atoms with Crippen LogP contribution in [0.5, 0.6) is 0 Å². The lowest BCUT2D eigenvalue weighted by Crippen LogP contribution is -2.31. The number of rotatable bonds is 6. The van der Waals surface area contributed by atoms with Gasteiger partial charge in [0.25, 0.3) is 6.79 Å². The summed E-state index contributed by atoms with van der Waals surface area (Å²) in [6, 6.07) is 0. The highest BCUT2D eigenvalue weighted by Gasteiger charge is 2.10. The molecule has 0 aliphatic rings. The Kier molecular flexibility index (Phi) is 5.52. The summed E-state index contributed by atoms with van der Waals surface area (Å²) < 4.78 is 4.30. The van der Waals surface area contributed by atoms with Gasteiger partial charge in [0.1, 0.15) is 0 Å². The molecule has 0 spiro atoms. The van der Waals surface area contributed by atoms with Gasteiger partial charge in [0, 0.05) is 6.92 Å². The molecular weight excluding hydrogens is 210 g/mol. The van der Waals surface area contributed by atoms with Crippen molar-refractivity contribution in [1.29, 1.82) is 0 Å². The molecule has 0 aliphatic heterocycles. The fourth-order valence-corrected chi connectivity index (χ4v) is 0.501. The normalized spacial score (nSPS) is 10.7. The SMILES string of the molecule is CC(=O)OCON=[N+]([O-])N(C)CC(=O)O. The number of hydrogen-bond acceptors (Lipinski definition) is 6. The number of hydrogen-bond donors (Lipinski definition) is 1. The van der Waals surface area contributed by atoms with Gasteiger partial charge in [0.2, 0.25) is 5.28 Å². The molecule has 15 heavy (non-hydrogen) atoms. The molecule has 0 aromatic heterocycles. The summed E-state index contributed by atoms with van der Waals surface area (Å²) in [6.07, 6.45) is 0. The predicted molar refractivity (Wildman–Crippen MR) is 44.0 cm³/mol. The Bertz CT molecular complexity index is 266. The molecule has 0 saturated carbocycles. The molecule has 0 aliphatic carbocycles. The summed E-state index contributed by atoms with van der Waals surface area (Å²) in [5.74, 6) is -1.77. The topological polar surface area (TPSA) is 114 Å². The van der Waals surface area contributed by atoms with Crippen molar-refractivity contribution in [2.75, 3.05) is 20.4 Å². The van der Waals surface area contributed by atoms with E-state index >= 15 is 0 Å². The van der Waals surface area contributed by atoms with Crippen LogP contribution in [0.3, 0.4) is 0 Å². The maximum atomic E-state index is 10.9. The summed E-state index contributed by atoms with van der Waals surface area (Å²) in [7, 11) is 1.21. The van der Waals surface area contributed by atoms with Crippen molar-refractivity contribution in [2.45, 2.75) is 6.92 Å². The van der Waals surface area contributed by atoms with Crippen LogP contribution in [0.4, 0.5) is 0 Å². The van der Waals surface area contributed by atoms with Crippen LogP contribution in [0.15, 0.2) is 5.28 Å². The molecule has 0 heterocycles. The van der Waals surface area contributed by atoms with Crippen LogP contribution in [0, 0.1) is 5.21 Å². The van der Waals surface area contributed by atoms with Crippen LogP contribution in [0.25, 0.3) is 0 Å². The van der Waals surface area contributed by atoms with Gasteiger partial charge in [-0.1, -0.05) is 0 Å². The third kappa shape index (κ3) is 7.05. The molecule has 0 aromatic carbocycles. The molecule has 0 saturated heterocycles. The number of esters is 1. The van der Waals surface area contributed by atoms with E-state index in [4.69, 9.17) is 5.11 Å². The maximum Gasteiger partial charge on any atom is 0.329 e. The van der Waals surface area contributed by atoms with Crippen molar-refractivity contribution >= 4 is 11.9 Å². The summed E-state index contributed by atoms with van der Waals surface area (Å²) in [5.41, 5.74) is 0. The molecule has 0 aromatic rings. The van der Waals surface area contributed by atoms with Crippen molar-refractivity contribution < 1.29 is 29.2 Å². The van der Waals surface area contributed by atoms with Gasteiger partial charge in [-0.3, -0.25) is 9.59 Å². The largest absolute Gasteiger partial charge is 0.569 e. The van der Waals surface area contributed by atoms with Crippen LogP contribution in [-0.4, -0.2) is 47.4 Å². The Labute approximate surface area is 85.0 Å². The van der Waals surface area contributed by atoms with E-state index in [0.717, 1.165) is 11.9 Å². The van der Waals surface area contributed by atoms with Gasteiger partial charge >= 0.3 is 11.9 Å². The standard InChI is InChI=1S/C6H11N3O6/c1-5(10)14-4-15-7-9(13)8(2)3-6(11)12/h3-4H2,1-2H3,(H,11,12). The molecule has 0 rings (SSSR count). The highest BCUT2D eigenvalue weighted by atomic mass is 16.8. The maximum absolute atomic E-state index is 10.9. The smallest absolute Gasteiger partial charge is 0.329 e. The van der Waals surface area contributed by atoms with Gasteiger partial charge < -0.3 is 19.9 Å². The number of carbonyl (C=O) groups excluding carboxylic acids is 1. The summed E-state index contributed by atoms with van der Waals surface area (Å²) >= 11 is 0. The minimum atomic E-state index is -1.19. The fraction of sp³-hybridized carbons (Fsp3) is 0.667. The van der Waals surface area contributed by atoms with E-state index in [1.54, 1.807) is 0 Å². The zero-order chi connectivity index (χ0) is 11.8. The van der Waals surface area contributed by atoms with Crippen LogP contribution < -0.4 is 0 Å². The number of carboxylic acids is 1. The molecule has 1 N–H and O–H groups in total. The number of likely N-dealkylation sites (N-methyl/N-ethyl adjacent to an activating group) is 1. The van der Waals surface area contributed by atoms with Crippen LogP contribution in [0.1, 0.15) is 6.92 Å². The van der Waals surface area contributed by atoms with E-state index in [-0.39, 0.29) is 4.97 Å². The Balaban J connectivity index is 3.86. The summed E-state index contributed by atoms with van der Waals surface area (Å²) in [5, 5.41) is 22.8. The molecule has 86 valence electrons. The van der Waals surface area contributed by atoms with Crippen molar-refractivity contribution in [3.63, 3.8) is 0 Å². The highest BCUT2D eigenvalue weighted by Crippen LogP contribution is 1.88. The number of nitrogens with zero attached hydrogens (tertiary/aromatic N) is 3. The minimum Gasteiger partial charge on any atom is -0.569 e. The third-order valence-corrected chi connectivity index (χ3v) is 1.10. The van der Waals surface area contributed by atoms with E-state index < -0.39 is 25.3 Å². The van der Waals surface area contributed by atoms with Gasteiger partial charge in [-0.2, -0.15) is 0 Å². The molecule has 0 bridgehead atoms. The quantitative estimate of drug-likeness (QED) is 0.158. The second-order valence-corrected chi connectivity index (χ2v) is 2.43. The van der Waals surface area contributed by atoms with Gasteiger partial charge in [-0.25, -0.2) is 0 Å². The van der Waals surface area contributed by atoms with Gasteiger partial charge in [-0.05, 0) is 0 Å². The second kappa shape index (κ2) is 6.40. The van der Waals surface area contributed by atoms with Crippen molar-refractivity contribution in [2.24, 2.45) is 5.28 Å². The molecule has 0 atom stereocenters. The molecule has 0 unspecified atom stereocenters. The number of carbonyl (C=O) groups is 2. The van der Waals surface area contributed by atoms with Crippen molar-refractivity contribution in [3.05, 3.63) is 5.21 Å². The number of aliphatic carboxylic acids is 1. The van der Waals surface area contributed by atoms with Crippen LogP contribution >= 0.6 is 0 Å². The minimum absolute atomic E-state index is 0.0718. The van der Waals surface area contributed by atoms with E-state index in [9.17, 15) is 14.8 Å². The first-order chi connectivity index (χ1) is 6.93. The van der Waals surface area contributed by atoms with Crippen molar-refractivity contribution in [3.8, 4) is 0 Å². The first kappa shape index (κ1) is 12.9. The molecule has 0 fully saturated rings. The first-order valence-electron chi connectivity index (χ1n) is 3.80.